The molecule has 5 heteroatoms. The van der Waals surface area contributed by atoms with E-state index in [1.54, 1.807) is 0 Å². The molecule has 0 aromatic rings. The summed E-state index contributed by atoms with van der Waals surface area (Å²) < 4.78 is 3.97. The van der Waals surface area contributed by atoms with E-state index in [-0.39, 0.29) is 0 Å². The lowest BCUT2D eigenvalue weighted by Gasteiger charge is -1.97. The molecule has 1 heterocycles. The summed E-state index contributed by atoms with van der Waals surface area (Å²) in [5.41, 5.74) is 0. The van der Waals surface area contributed by atoms with Crippen LogP contribution in [0.25, 0.3) is 0 Å². The molecule has 0 saturated carbocycles. The van der Waals surface area contributed by atoms with Crippen LogP contribution >= 0.6 is 0 Å². The normalized spacial score (nSPS) is 13.5. The first-order chi connectivity index (χ1) is 13.1. The number of cyclic esters (lactones) is 2. The Hall–Kier alpha value is -2.43. The molecule has 1 rings (SSSR count). The van der Waals surface area contributed by atoms with Crippen molar-refractivity contribution < 1.29 is 24.2 Å². The van der Waals surface area contributed by atoms with Crippen molar-refractivity contribution >= 4 is 17.9 Å². The second-order valence-corrected chi connectivity index (χ2v) is 6.16. The molecule has 0 aliphatic carbocycles. The molecule has 1 N–H and O–H groups in total. The molecule has 0 amide bonds. The minimum Gasteiger partial charge on any atom is -0.481 e. The number of carboxylic acids is 1. The lowest BCUT2D eigenvalue weighted by Crippen LogP contribution is -1.96. The van der Waals surface area contributed by atoms with E-state index in [1.807, 2.05) is 0 Å². The van der Waals surface area contributed by atoms with E-state index >= 15 is 0 Å². The quantitative estimate of drug-likeness (QED) is 0.204. The fourth-order valence-corrected chi connectivity index (χ4v) is 2.17. The summed E-state index contributed by atoms with van der Waals surface area (Å²) in [4.78, 5) is 30.2. The topological polar surface area (TPSA) is 80.7 Å². The van der Waals surface area contributed by atoms with Crippen LogP contribution in [0.5, 0.6) is 0 Å². The van der Waals surface area contributed by atoms with Gasteiger partial charge in [-0.25, -0.2) is 9.59 Å². The van der Waals surface area contributed by atoms with E-state index in [9.17, 15) is 14.4 Å². The molecule has 150 valence electrons. The average molecular weight is 376 g/mol. The fraction of sp³-hybridized carbons (Fsp3) is 0.500. The van der Waals surface area contributed by atoms with Crippen LogP contribution in [0, 0.1) is 0 Å². The molecular formula is C22H32O5. The highest BCUT2D eigenvalue weighted by molar-refractivity contribution is 6.04. The first-order valence-corrected chi connectivity index (χ1v) is 9.70. The van der Waals surface area contributed by atoms with Gasteiger partial charge in [-0.05, 0) is 25.7 Å². The Morgan fingerprint density at radius 1 is 0.852 bits per heavy atom. The van der Waals surface area contributed by atoms with Gasteiger partial charge in [-0.1, -0.05) is 75.5 Å². The Morgan fingerprint density at radius 3 is 1.85 bits per heavy atom. The van der Waals surface area contributed by atoms with Crippen molar-refractivity contribution in [2.45, 2.75) is 71.1 Å². The SMILES string of the molecule is CCCCC=CC=CC=CCCCCCCCC(=O)O.O=C1C=CC(=O)O1. The third kappa shape index (κ3) is 19.7. The van der Waals surface area contributed by atoms with Crippen LogP contribution in [0.2, 0.25) is 0 Å². The number of carbonyl (C=O) groups is 3. The van der Waals surface area contributed by atoms with Crippen LogP contribution in [0.3, 0.4) is 0 Å². The minimum atomic E-state index is -0.677. The van der Waals surface area contributed by atoms with Crippen LogP contribution < -0.4 is 0 Å². The van der Waals surface area contributed by atoms with Gasteiger partial charge in [0, 0.05) is 18.6 Å². The molecule has 0 aromatic heterocycles. The van der Waals surface area contributed by atoms with Crippen molar-refractivity contribution in [2.75, 3.05) is 0 Å². The van der Waals surface area contributed by atoms with Gasteiger partial charge in [0.2, 0.25) is 0 Å². The molecule has 0 aromatic carbocycles. The number of unbranched alkanes of at least 4 members (excludes halogenated alkanes) is 7. The number of hydrogen-bond donors (Lipinski definition) is 1. The van der Waals surface area contributed by atoms with Gasteiger partial charge in [-0.3, -0.25) is 4.79 Å². The second-order valence-electron chi connectivity index (χ2n) is 6.16. The molecule has 1 aliphatic rings. The predicted molar refractivity (Wildman–Crippen MR) is 107 cm³/mol. The summed E-state index contributed by atoms with van der Waals surface area (Å²) in [5.74, 6) is -1.83. The Balaban J connectivity index is 0.000000797. The lowest BCUT2D eigenvalue weighted by molar-refractivity contribution is -0.150. The van der Waals surface area contributed by atoms with Crippen LogP contribution in [0.1, 0.15) is 71.1 Å². The molecule has 0 fully saturated rings. The molecule has 0 radical (unpaired) electrons. The number of ether oxygens (including phenoxy) is 1. The fourth-order valence-electron chi connectivity index (χ4n) is 2.17. The number of rotatable bonds is 13. The second kappa shape index (κ2) is 18.4. The molecule has 1 aliphatic heterocycles. The van der Waals surface area contributed by atoms with Gasteiger partial charge in [0.25, 0.3) is 0 Å². The van der Waals surface area contributed by atoms with Gasteiger partial charge in [0.05, 0.1) is 0 Å². The number of carboxylic acid groups (broad SMARTS) is 1. The summed E-state index contributed by atoms with van der Waals surface area (Å²) >= 11 is 0. The number of aliphatic carboxylic acids is 1. The number of esters is 2. The number of hydrogen-bond acceptors (Lipinski definition) is 4. The van der Waals surface area contributed by atoms with Crippen molar-refractivity contribution in [3.8, 4) is 0 Å². The van der Waals surface area contributed by atoms with Gasteiger partial charge < -0.3 is 9.84 Å². The number of allylic oxidation sites excluding steroid dienone is 6. The van der Waals surface area contributed by atoms with Crippen LogP contribution in [-0.4, -0.2) is 23.0 Å². The predicted octanol–water partition coefficient (Wildman–Crippen LogP) is 5.29. The van der Waals surface area contributed by atoms with Crippen molar-refractivity contribution in [3.63, 3.8) is 0 Å². The van der Waals surface area contributed by atoms with E-state index in [2.05, 4.69) is 48.1 Å². The van der Waals surface area contributed by atoms with Gasteiger partial charge in [-0.15, -0.1) is 0 Å². The highest BCUT2D eigenvalue weighted by atomic mass is 16.6. The van der Waals surface area contributed by atoms with Crippen molar-refractivity contribution in [1.29, 1.82) is 0 Å². The summed E-state index contributed by atoms with van der Waals surface area (Å²) in [5, 5.41) is 8.50. The molecule has 0 atom stereocenters. The zero-order valence-corrected chi connectivity index (χ0v) is 16.3. The Labute approximate surface area is 162 Å². The van der Waals surface area contributed by atoms with E-state index in [0.717, 1.165) is 37.8 Å². The molecule has 0 bridgehead atoms. The highest BCUT2D eigenvalue weighted by Gasteiger charge is 2.10. The number of carbonyl (C=O) groups excluding carboxylic acids is 2. The van der Waals surface area contributed by atoms with Crippen LogP contribution in [0.4, 0.5) is 0 Å². The maximum Gasteiger partial charge on any atom is 0.338 e. The molecular weight excluding hydrogens is 344 g/mol. The summed E-state index contributed by atoms with van der Waals surface area (Å²) in [6.45, 7) is 2.21. The standard InChI is InChI=1S/C18H30O2.C4H2O3/c1-2-3-4-5-6-7-8-9-10-11-12-13-14-15-16-17-18(19)20;5-3-1-2-4(6)7-3/h5-10H,2-4,11-17H2,1H3,(H,19,20);1-2H. The summed E-state index contributed by atoms with van der Waals surface area (Å²) in [7, 11) is 0. The van der Waals surface area contributed by atoms with E-state index < -0.39 is 17.9 Å². The van der Waals surface area contributed by atoms with Gasteiger partial charge in [0.1, 0.15) is 0 Å². The Morgan fingerprint density at radius 2 is 1.37 bits per heavy atom. The van der Waals surface area contributed by atoms with Gasteiger partial charge >= 0.3 is 17.9 Å². The molecule has 0 spiro atoms. The van der Waals surface area contributed by atoms with Crippen molar-refractivity contribution in [1.82, 2.24) is 0 Å². The average Bonchev–Trinajstić information content (AvgIpc) is 3.01. The highest BCUT2D eigenvalue weighted by Crippen LogP contribution is 2.07. The lowest BCUT2D eigenvalue weighted by atomic mass is 10.1. The third-order valence-corrected chi connectivity index (χ3v) is 3.65. The summed E-state index contributed by atoms with van der Waals surface area (Å²) in [6, 6.07) is 0. The Bertz CT molecular complexity index is 525. The van der Waals surface area contributed by atoms with Gasteiger partial charge in [0.15, 0.2) is 0 Å². The molecule has 5 nitrogen and oxygen atoms in total. The minimum absolute atomic E-state index is 0.316. The van der Waals surface area contributed by atoms with Crippen LogP contribution in [-0.2, 0) is 19.1 Å². The first kappa shape index (κ1) is 24.6. The molecule has 27 heavy (non-hydrogen) atoms. The summed E-state index contributed by atoms with van der Waals surface area (Å²) in [6.07, 6.45) is 25.5. The smallest absolute Gasteiger partial charge is 0.338 e. The largest absolute Gasteiger partial charge is 0.481 e. The first-order valence-electron chi connectivity index (χ1n) is 9.70. The van der Waals surface area contributed by atoms with E-state index in [0.29, 0.717) is 6.42 Å². The van der Waals surface area contributed by atoms with E-state index in [4.69, 9.17) is 5.11 Å². The maximum atomic E-state index is 10.3. The van der Waals surface area contributed by atoms with Crippen molar-refractivity contribution in [3.05, 3.63) is 48.6 Å². The molecule has 0 unspecified atom stereocenters. The zero-order chi connectivity index (χ0) is 20.2. The maximum absolute atomic E-state index is 10.3. The Kier molecular flexibility index (Phi) is 16.7. The third-order valence-electron chi connectivity index (χ3n) is 3.65. The molecule has 0 saturated heterocycles. The van der Waals surface area contributed by atoms with Crippen LogP contribution in [0.15, 0.2) is 48.6 Å². The monoisotopic (exact) mass is 376 g/mol. The van der Waals surface area contributed by atoms with Crippen molar-refractivity contribution in [2.24, 2.45) is 0 Å². The zero-order valence-electron chi connectivity index (χ0n) is 16.3. The van der Waals surface area contributed by atoms with Gasteiger partial charge in [-0.2, -0.15) is 0 Å². The van der Waals surface area contributed by atoms with E-state index in [1.165, 1.54) is 32.1 Å².